The van der Waals surface area contributed by atoms with Crippen molar-refractivity contribution in [1.29, 1.82) is 0 Å². The summed E-state index contributed by atoms with van der Waals surface area (Å²) >= 11 is 2.72. The normalized spacial score (nSPS) is 31.3. The zero-order valence-corrected chi connectivity index (χ0v) is 67.2. The molecule has 624 valence electrons. The highest BCUT2D eigenvalue weighted by Crippen LogP contribution is 2.34. The van der Waals surface area contributed by atoms with Gasteiger partial charge >= 0.3 is 5.97 Å². The van der Waals surface area contributed by atoms with Gasteiger partial charge in [0, 0.05) is 35.9 Å². The number of thioether (sulfide) groups is 2. The van der Waals surface area contributed by atoms with E-state index in [1.165, 1.54) is 51.2 Å². The molecule has 2 bridgehead atoms. The fourth-order valence-corrected chi connectivity index (χ4v) is 16.8. The highest BCUT2D eigenvalue weighted by Gasteiger charge is 2.44. The maximum atomic E-state index is 15.1. The molecule has 4 unspecified atom stereocenters. The van der Waals surface area contributed by atoms with Gasteiger partial charge in [-0.05, 0) is 203 Å². The summed E-state index contributed by atoms with van der Waals surface area (Å²) in [5, 5.41) is 89.7. The number of aliphatic hydroxyl groups is 4. The van der Waals surface area contributed by atoms with Gasteiger partial charge in [-0.15, -0.1) is 0 Å². The minimum atomic E-state index is -1.91. The summed E-state index contributed by atoms with van der Waals surface area (Å²) in [5.41, 5.74) is 10.6. The third-order valence-electron chi connectivity index (χ3n) is 21.5. The highest BCUT2D eigenvalue weighted by atomic mass is 32.2. The molecule has 5 aliphatic rings. The first-order valence-electron chi connectivity index (χ1n) is 39.5. The number of hydrogen-bond acceptors (Lipinski definition) is 22. The Morgan fingerprint density at radius 2 is 1.08 bits per heavy atom. The molecule has 4 fully saturated rings. The van der Waals surface area contributed by atoms with E-state index < -0.39 is 185 Å². The third-order valence-corrected chi connectivity index (χ3v) is 23.6. The van der Waals surface area contributed by atoms with Gasteiger partial charge in [0.15, 0.2) is 0 Å². The number of primary amides is 1. The number of nitrogens with one attached hydrogen (secondary N) is 13. The lowest BCUT2D eigenvalue weighted by molar-refractivity contribution is -0.139. The van der Waals surface area contributed by atoms with Crippen LogP contribution in [-0.2, 0) is 73.8 Å². The molecule has 0 spiro atoms. The van der Waals surface area contributed by atoms with Crippen LogP contribution < -0.4 is 80.6 Å². The van der Waals surface area contributed by atoms with E-state index in [-0.39, 0.29) is 87.1 Å². The van der Waals surface area contributed by atoms with Crippen molar-refractivity contribution in [2.45, 2.75) is 298 Å². The van der Waals surface area contributed by atoms with Gasteiger partial charge in [0.2, 0.25) is 70.9 Å². The summed E-state index contributed by atoms with van der Waals surface area (Å²) in [4.78, 5) is 186. The SMILES string of the molecule is CCC[C@@H]1NC(=O)[C@H](CC2CNC3NCCCC23)NC(=O)[C@H]([C@@H](C)O)NC(=O)[C@H](CCCCN)NC(=O)[C@H](CC2CCC(O)CC2)NC(=O)[C@H](C(C)(C)C)NC(=O)CCSCc2cccc(c2)CSC[C@@H](C(N)=O)NC(=O)C([C@@H](C)O)NC(=O)C(C)(C)NC(=O)[C@H](CC2CCC(O)CC2)NC(=O)[C@H](CCC(=O)O)NC1=O. The average Bonchev–Trinajstić information content (AvgIpc) is 1.73. The van der Waals surface area contributed by atoms with Crippen molar-refractivity contribution >= 4 is 100 Å². The van der Waals surface area contributed by atoms with Crippen LogP contribution in [-0.4, -0.2) is 230 Å². The Balaban J connectivity index is 1.36. The summed E-state index contributed by atoms with van der Waals surface area (Å²) in [7, 11) is 0. The summed E-state index contributed by atoms with van der Waals surface area (Å²) in [6, 6.07) is -7.16. The topological polar surface area (TPSA) is 531 Å². The van der Waals surface area contributed by atoms with E-state index in [1.54, 1.807) is 27.7 Å². The van der Waals surface area contributed by atoms with E-state index in [1.807, 2.05) is 24.3 Å². The summed E-state index contributed by atoms with van der Waals surface area (Å²) in [6.07, 6.45) is 0.242. The van der Waals surface area contributed by atoms with Gasteiger partial charge in [-0.25, -0.2) is 0 Å². The van der Waals surface area contributed by atoms with Gasteiger partial charge in [0.05, 0.1) is 30.6 Å². The van der Waals surface area contributed by atoms with Gasteiger partial charge in [0.1, 0.15) is 66.0 Å². The fourth-order valence-electron chi connectivity index (χ4n) is 14.9. The number of nitrogens with two attached hydrogens (primary N) is 2. The molecule has 0 radical (unpaired) electrons. The number of piperidine rings is 1. The Labute approximate surface area is 659 Å². The van der Waals surface area contributed by atoms with Crippen LogP contribution in [0.3, 0.4) is 0 Å². The number of hydrogen-bond donors (Lipinski definition) is 20. The lowest BCUT2D eigenvalue weighted by atomic mass is 9.82. The Morgan fingerprint density at radius 1 is 0.586 bits per heavy atom. The molecule has 2 saturated carbocycles. The first-order chi connectivity index (χ1) is 52.5. The van der Waals surface area contributed by atoms with Crippen molar-refractivity contribution in [3.05, 3.63) is 35.4 Å². The molecule has 3 heterocycles. The quantitative estimate of drug-likeness (QED) is 0.0800. The molecule has 22 N–H and O–H groups in total. The molecule has 3 aliphatic heterocycles. The molecule has 2 saturated heterocycles. The monoisotopic (exact) mass is 1600 g/mol. The number of carboxylic acids is 1. The minimum absolute atomic E-state index is 0.00454. The second kappa shape index (κ2) is 45.0. The van der Waals surface area contributed by atoms with Gasteiger partial charge in [-0.2, -0.15) is 23.5 Å². The van der Waals surface area contributed by atoms with Crippen LogP contribution in [0.1, 0.15) is 201 Å². The maximum Gasteiger partial charge on any atom is 0.303 e. The predicted octanol–water partition coefficient (Wildman–Crippen LogP) is -0.796. The lowest BCUT2D eigenvalue weighted by Gasteiger charge is -2.34. The van der Waals surface area contributed by atoms with Gasteiger partial charge < -0.3 is 106 Å². The molecular formula is C76H125N15O18S2. The Morgan fingerprint density at radius 3 is 1.63 bits per heavy atom. The molecule has 12 amide bonds. The second-order valence-electron chi connectivity index (χ2n) is 32.3. The Bertz CT molecular complexity index is 3310. The number of benzene rings is 1. The number of unbranched alkanes of at least 4 members (excludes halogenated alkanes) is 1. The van der Waals surface area contributed by atoms with Crippen molar-refractivity contribution < 1.29 is 87.9 Å². The van der Waals surface area contributed by atoms with Crippen LogP contribution in [0.15, 0.2) is 24.3 Å². The molecule has 6 rings (SSSR count). The van der Waals surface area contributed by atoms with Crippen LogP contribution in [0.2, 0.25) is 0 Å². The van der Waals surface area contributed by atoms with Crippen LogP contribution in [0.4, 0.5) is 0 Å². The average molecular weight is 1600 g/mol. The zero-order chi connectivity index (χ0) is 81.9. The van der Waals surface area contributed by atoms with E-state index in [4.69, 9.17) is 11.5 Å². The second-order valence-corrected chi connectivity index (χ2v) is 34.5. The standard InChI is InChI=1S/C76H125N15O18S2/c1-9-14-51-65(100)83-53(27-28-59(97)98)66(101)84-55(35-44-21-25-49(95)26-22-44)70(105)91-76(7,8)74(109)90-61(42(3)93)72(107)87-57(63(78)99)40-111-39-46-16-12-15-45(33-46)38-110-32-29-58(96)88-62(75(4,5)6)73(108)86-54(34-43-19-23-48(94)24-20-43)68(103)82-52(18-10-11-30-77)67(102)89-60(41(2)92)71(106)85-56(69(104)81-51)36-47-37-80-64-50(47)17-13-31-79-64/h12,15-16,33,41-44,47-57,60-62,64,79-80,92-95H,9-11,13-14,17-32,34-40,77H2,1-8H3,(H2,78,99)(H,81,104)(H,82,103)(H,83,100)(H,84,101)(H,85,106)(H,86,108)(H,87,107)(H,88,96)(H,89,102)(H,90,109)(H,91,105)(H,97,98)/t41-,42-,43?,44?,47?,48?,49?,50?,51+,52+,53+,54+,55+,56+,57+,60+,61?,62-,64?/m1/s1. The Kier molecular flexibility index (Phi) is 37.5. The molecule has 35 heteroatoms. The van der Waals surface area contributed by atoms with Crippen LogP contribution in [0.5, 0.6) is 0 Å². The van der Waals surface area contributed by atoms with Crippen LogP contribution >= 0.6 is 23.5 Å². The van der Waals surface area contributed by atoms with Crippen LogP contribution in [0, 0.1) is 29.1 Å². The van der Waals surface area contributed by atoms with Gasteiger partial charge in [-0.3, -0.25) is 62.3 Å². The van der Waals surface area contributed by atoms with E-state index in [2.05, 4.69) is 69.1 Å². The number of amides is 12. The zero-order valence-electron chi connectivity index (χ0n) is 65.6. The summed E-state index contributed by atoms with van der Waals surface area (Å²) in [6.45, 7) is 13.4. The van der Waals surface area contributed by atoms with E-state index >= 15 is 4.79 Å². The molecule has 33 nitrogen and oxygen atoms in total. The van der Waals surface area contributed by atoms with Gasteiger partial charge in [0.25, 0.3) is 0 Å². The molecule has 15 atom stereocenters. The number of aliphatic carboxylic acids is 1. The molecule has 0 aromatic heterocycles. The molecule has 111 heavy (non-hydrogen) atoms. The van der Waals surface area contributed by atoms with E-state index in [9.17, 15) is 83.1 Å². The van der Waals surface area contributed by atoms with Crippen molar-refractivity contribution in [2.75, 3.05) is 31.1 Å². The smallest absolute Gasteiger partial charge is 0.303 e. The largest absolute Gasteiger partial charge is 0.481 e. The highest BCUT2D eigenvalue weighted by molar-refractivity contribution is 7.98. The first-order valence-corrected chi connectivity index (χ1v) is 41.8. The Hall–Kier alpha value is -7.25. The van der Waals surface area contributed by atoms with Crippen molar-refractivity contribution in [2.24, 2.45) is 40.6 Å². The van der Waals surface area contributed by atoms with Crippen LogP contribution in [0.25, 0.3) is 0 Å². The fraction of sp³-hybridized carbons (Fsp3) is 0.750. The molecule has 1 aromatic carbocycles. The number of carbonyl (C=O) groups excluding carboxylic acids is 12. The van der Waals surface area contributed by atoms with Gasteiger partial charge in [-0.1, -0.05) is 58.4 Å². The number of carboxylic acid groups (broad SMARTS) is 1. The summed E-state index contributed by atoms with van der Waals surface area (Å²) in [5.74, 6) is -11.4. The van der Waals surface area contributed by atoms with Crippen molar-refractivity contribution in [1.82, 2.24) is 69.1 Å². The summed E-state index contributed by atoms with van der Waals surface area (Å²) < 4.78 is 0. The third kappa shape index (κ3) is 30.2. The first kappa shape index (κ1) is 92.6. The number of rotatable bonds is 18. The number of fused-ring (bicyclic) bond motifs is 3. The predicted molar refractivity (Wildman–Crippen MR) is 417 cm³/mol. The minimum Gasteiger partial charge on any atom is -0.481 e. The lowest BCUT2D eigenvalue weighted by Crippen LogP contribution is -2.64. The number of aliphatic hydroxyl groups excluding tert-OH is 4. The maximum absolute atomic E-state index is 15.1. The molecule has 2 aliphatic carbocycles. The molecular weight excluding hydrogens is 1480 g/mol. The number of carbonyl (C=O) groups is 13. The van der Waals surface area contributed by atoms with E-state index in [0.29, 0.717) is 88.0 Å². The van der Waals surface area contributed by atoms with E-state index in [0.717, 1.165) is 30.5 Å². The van der Waals surface area contributed by atoms with Crippen molar-refractivity contribution in [3.8, 4) is 0 Å². The van der Waals surface area contributed by atoms with Crippen molar-refractivity contribution in [3.63, 3.8) is 0 Å². The molecule has 1 aromatic rings.